The van der Waals surface area contributed by atoms with Gasteiger partial charge in [0.1, 0.15) is 5.82 Å². The molecule has 0 radical (unpaired) electrons. The highest BCUT2D eigenvalue weighted by molar-refractivity contribution is 5.09. The van der Waals surface area contributed by atoms with Crippen LogP contribution in [0.25, 0.3) is 0 Å². The van der Waals surface area contributed by atoms with Crippen LogP contribution < -0.4 is 0 Å². The molecule has 0 amide bonds. The molecule has 1 aliphatic rings. The molecule has 0 aromatic carbocycles. The van der Waals surface area contributed by atoms with E-state index in [1.54, 1.807) is 6.07 Å². The molecular formula is C17H27FN2O. The molecule has 1 aliphatic heterocycles. The molecule has 3 nitrogen and oxygen atoms in total. The predicted molar refractivity (Wildman–Crippen MR) is 82.3 cm³/mol. The lowest BCUT2D eigenvalue weighted by atomic mass is 9.80. The van der Waals surface area contributed by atoms with Crippen molar-refractivity contribution in [2.24, 2.45) is 17.3 Å². The fraction of sp³-hybridized carbons (Fsp3) is 0.706. The summed E-state index contributed by atoms with van der Waals surface area (Å²) < 4.78 is 12.9. The number of rotatable bonds is 4. The lowest BCUT2D eigenvalue weighted by Gasteiger charge is -2.28. The first-order valence-corrected chi connectivity index (χ1v) is 7.79. The maximum Gasteiger partial charge on any atom is 0.141 e. The summed E-state index contributed by atoms with van der Waals surface area (Å²) in [6.45, 7) is 12.0. The van der Waals surface area contributed by atoms with E-state index in [2.05, 4.69) is 30.7 Å². The normalized spacial score (nSPS) is 23.2. The van der Waals surface area contributed by atoms with Gasteiger partial charge in [0.05, 0.1) is 18.0 Å². The number of hydrogen-bond acceptors (Lipinski definition) is 3. The second-order valence-electron chi connectivity index (χ2n) is 7.43. The molecule has 2 rings (SSSR count). The van der Waals surface area contributed by atoms with Gasteiger partial charge < -0.3 is 10.0 Å². The quantitative estimate of drug-likeness (QED) is 0.926. The molecule has 118 valence electrons. The standard InChI is InChI=1S/C17H27FN2O/c1-12(16(21)15-6-5-14(18)9-19-15)10-20-8-7-13(11-20)17(2,3)4/h5-6,9,12-13,16,21H,7-8,10-11H2,1-4H3. The van der Waals surface area contributed by atoms with Gasteiger partial charge in [-0.15, -0.1) is 0 Å². The van der Waals surface area contributed by atoms with Crippen LogP contribution in [0.2, 0.25) is 0 Å². The Morgan fingerprint density at radius 2 is 2.14 bits per heavy atom. The van der Waals surface area contributed by atoms with Crippen molar-refractivity contribution in [1.82, 2.24) is 9.88 Å². The second-order valence-corrected chi connectivity index (χ2v) is 7.43. The summed E-state index contributed by atoms with van der Waals surface area (Å²) in [5.41, 5.74) is 0.894. The summed E-state index contributed by atoms with van der Waals surface area (Å²) in [5, 5.41) is 10.4. The van der Waals surface area contributed by atoms with Crippen molar-refractivity contribution in [1.29, 1.82) is 0 Å². The third kappa shape index (κ3) is 4.24. The van der Waals surface area contributed by atoms with Crippen molar-refractivity contribution < 1.29 is 9.50 Å². The number of nitrogens with zero attached hydrogens (tertiary/aromatic N) is 2. The number of halogens is 1. The smallest absolute Gasteiger partial charge is 0.141 e. The van der Waals surface area contributed by atoms with Crippen LogP contribution in [0.5, 0.6) is 0 Å². The zero-order valence-corrected chi connectivity index (χ0v) is 13.5. The summed E-state index contributed by atoms with van der Waals surface area (Å²) in [4.78, 5) is 6.41. The first kappa shape index (κ1) is 16.4. The van der Waals surface area contributed by atoms with Gasteiger partial charge in [0.2, 0.25) is 0 Å². The molecule has 0 saturated carbocycles. The van der Waals surface area contributed by atoms with E-state index in [0.29, 0.717) is 17.0 Å². The molecule has 0 aliphatic carbocycles. The summed E-state index contributed by atoms with van der Waals surface area (Å²) >= 11 is 0. The predicted octanol–water partition coefficient (Wildman–Crippen LogP) is 3.26. The maximum atomic E-state index is 12.9. The van der Waals surface area contributed by atoms with E-state index in [-0.39, 0.29) is 11.7 Å². The summed E-state index contributed by atoms with van der Waals surface area (Å²) in [6.07, 6.45) is 1.75. The van der Waals surface area contributed by atoms with E-state index in [1.807, 2.05) is 6.92 Å². The number of aromatic nitrogens is 1. The fourth-order valence-corrected chi connectivity index (χ4v) is 3.07. The Balaban J connectivity index is 1.90. The zero-order chi connectivity index (χ0) is 15.6. The largest absolute Gasteiger partial charge is 0.386 e. The van der Waals surface area contributed by atoms with Gasteiger partial charge in [-0.05, 0) is 36.4 Å². The van der Waals surface area contributed by atoms with Crippen molar-refractivity contribution >= 4 is 0 Å². The number of hydrogen-bond donors (Lipinski definition) is 1. The number of aliphatic hydroxyl groups is 1. The molecule has 1 aromatic heterocycles. The lowest BCUT2D eigenvalue weighted by Crippen LogP contribution is -2.31. The summed E-state index contributed by atoms with van der Waals surface area (Å²) in [5.74, 6) is 0.429. The van der Waals surface area contributed by atoms with Gasteiger partial charge in [0.25, 0.3) is 0 Å². The highest BCUT2D eigenvalue weighted by Gasteiger charge is 2.33. The third-order valence-corrected chi connectivity index (χ3v) is 4.64. The average Bonchev–Trinajstić information content (AvgIpc) is 2.87. The Morgan fingerprint density at radius 1 is 1.43 bits per heavy atom. The molecule has 0 spiro atoms. The Kier molecular flexibility index (Phi) is 4.99. The highest BCUT2D eigenvalue weighted by atomic mass is 19.1. The fourth-order valence-electron chi connectivity index (χ4n) is 3.07. The maximum absolute atomic E-state index is 12.9. The Morgan fingerprint density at radius 3 is 2.67 bits per heavy atom. The highest BCUT2D eigenvalue weighted by Crippen LogP contribution is 2.34. The molecule has 1 aromatic rings. The lowest BCUT2D eigenvalue weighted by molar-refractivity contribution is 0.0879. The van der Waals surface area contributed by atoms with Crippen LogP contribution in [-0.2, 0) is 0 Å². The van der Waals surface area contributed by atoms with Gasteiger partial charge in [-0.2, -0.15) is 0 Å². The molecule has 2 heterocycles. The van der Waals surface area contributed by atoms with Crippen molar-refractivity contribution in [3.63, 3.8) is 0 Å². The van der Waals surface area contributed by atoms with E-state index in [4.69, 9.17) is 0 Å². The molecule has 1 N–H and O–H groups in total. The topological polar surface area (TPSA) is 36.4 Å². The van der Waals surface area contributed by atoms with Gasteiger partial charge in [-0.3, -0.25) is 4.98 Å². The first-order chi connectivity index (χ1) is 9.77. The number of aliphatic hydroxyl groups excluding tert-OH is 1. The van der Waals surface area contributed by atoms with Gasteiger partial charge >= 0.3 is 0 Å². The second kappa shape index (κ2) is 6.41. The molecular weight excluding hydrogens is 267 g/mol. The van der Waals surface area contributed by atoms with Gasteiger partial charge in [0, 0.05) is 19.0 Å². The third-order valence-electron chi connectivity index (χ3n) is 4.64. The van der Waals surface area contributed by atoms with Crippen LogP contribution in [0, 0.1) is 23.1 Å². The average molecular weight is 294 g/mol. The molecule has 1 fully saturated rings. The molecule has 21 heavy (non-hydrogen) atoms. The van der Waals surface area contributed by atoms with Crippen molar-refractivity contribution in [3.05, 3.63) is 29.8 Å². The number of likely N-dealkylation sites (tertiary alicyclic amines) is 1. The molecule has 3 unspecified atom stereocenters. The van der Waals surface area contributed by atoms with E-state index in [9.17, 15) is 9.50 Å². The van der Waals surface area contributed by atoms with Crippen LogP contribution in [-0.4, -0.2) is 34.6 Å². The van der Waals surface area contributed by atoms with Gasteiger partial charge in [-0.1, -0.05) is 27.7 Å². The zero-order valence-electron chi connectivity index (χ0n) is 13.5. The number of pyridine rings is 1. The van der Waals surface area contributed by atoms with Crippen LogP contribution in [0.15, 0.2) is 18.3 Å². The van der Waals surface area contributed by atoms with Crippen LogP contribution in [0.4, 0.5) is 4.39 Å². The minimum absolute atomic E-state index is 0.0849. The van der Waals surface area contributed by atoms with Crippen molar-refractivity contribution in [3.8, 4) is 0 Å². The molecule has 0 bridgehead atoms. The molecule has 1 saturated heterocycles. The van der Waals surface area contributed by atoms with E-state index < -0.39 is 6.10 Å². The van der Waals surface area contributed by atoms with Crippen LogP contribution in [0.3, 0.4) is 0 Å². The van der Waals surface area contributed by atoms with E-state index >= 15 is 0 Å². The Labute approximate surface area is 127 Å². The van der Waals surface area contributed by atoms with Crippen LogP contribution in [0.1, 0.15) is 45.9 Å². The van der Waals surface area contributed by atoms with E-state index in [1.165, 1.54) is 12.5 Å². The minimum Gasteiger partial charge on any atom is -0.386 e. The first-order valence-electron chi connectivity index (χ1n) is 7.79. The van der Waals surface area contributed by atoms with Crippen molar-refractivity contribution in [2.75, 3.05) is 19.6 Å². The monoisotopic (exact) mass is 294 g/mol. The van der Waals surface area contributed by atoms with Crippen molar-refractivity contribution in [2.45, 2.75) is 40.2 Å². The van der Waals surface area contributed by atoms with E-state index in [0.717, 1.165) is 25.8 Å². The Bertz CT molecular complexity index is 455. The SMILES string of the molecule is CC(CN1CCC(C(C)(C)C)C1)C(O)c1ccc(F)cn1. The molecule has 4 heteroatoms. The minimum atomic E-state index is -0.640. The summed E-state index contributed by atoms with van der Waals surface area (Å²) in [6, 6.07) is 2.92. The Hall–Kier alpha value is -1.00. The van der Waals surface area contributed by atoms with Gasteiger partial charge in [0.15, 0.2) is 0 Å². The summed E-state index contributed by atoms with van der Waals surface area (Å²) in [7, 11) is 0. The van der Waals surface area contributed by atoms with Crippen LogP contribution >= 0.6 is 0 Å². The molecule has 3 atom stereocenters. The van der Waals surface area contributed by atoms with Gasteiger partial charge in [-0.25, -0.2) is 4.39 Å².